The normalized spacial score (nSPS) is 11.9. The third kappa shape index (κ3) is 4.31. The van der Waals surface area contributed by atoms with Gasteiger partial charge in [-0.05, 0) is 34.6 Å². The van der Waals surface area contributed by atoms with Gasteiger partial charge < -0.3 is 11.1 Å². The topological polar surface area (TPSA) is 72.9 Å². The van der Waals surface area contributed by atoms with Crippen LogP contribution in [0.4, 0.5) is 0 Å². The van der Waals surface area contributed by atoms with Gasteiger partial charge in [0.15, 0.2) is 0 Å². The van der Waals surface area contributed by atoms with Crippen LogP contribution in [0.25, 0.3) is 0 Å². The van der Waals surface area contributed by atoms with E-state index in [2.05, 4.69) is 10.4 Å². The van der Waals surface area contributed by atoms with Crippen LogP contribution < -0.4 is 11.1 Å². The van der Waals surface area contributed by atoms with E-state index in [1.54, 1.807) is 17.1 Å². The maximum absolute atomic E-state index is 11.9. The highest BCUT2D eigenvalue weighted by Gasteiger charge is 2.21. The van der Waals surface area contributed by atoms with Crippen LogP contribution in [-0.4, -0.2) is 27.8 Å². The molecule has 0 aromatic carbocycles. The first-order chi connectivity index (χ1) is 7.65. The highest BCUT2D eigenvalue weighted by atomic mass is 35.5. The predicted molar refractivity (Wildman–Crippen MR) is 75.1 cm³/mol. The molecule has 0 radical (unpaired) electrons. The van der Waals surface area contributed by atoms with Crippen LogP contribution in [0.3, 0.4) is 0 Å². The first kappa shape index (κ1) is 16.9. The number of hydrogen-bond donors (Lipinski definition) is 2. The third-order valence-corrected chi connectivity index (χ3v) is 2.49. The Kier molecular flexibility index (Phi) is 5.37. The fourth-order valence-corrected chi connectivity index (χ4v) is 1.24. The zero-order valence-corrected chi connectivity index (χ0v) is 12.5. The molecular formula is C12H23ClN4O. The van der Waals surface area contributed by atoms with Crippen molar-refractivity contribution in [2.24, 2.45) is 5.73 Å². The summed E-state index contributed by atoms with van der Waals surface area (Å²) in [6, 6.07) is 0. The molecule has 18 heavy (non-hydrogen) atoms. The first-order valence-corrected chi connectivity index (χ1v) is 5.73. The van der Waals surface area contributed by atoms with Gasteiger partial charge in [0, 0.05) is 18.3 Å². The molecule has 1 heterocycles. The van der Waals surface area contributed by atoms with Gasteiger partial charge in [-0.3, -0.25) is 9.48 Å². The molecule has 0 fully saturated rings. The van der Waals surface area contributed by atoms with E-state index in [0.717, 1.165) is 0 Å². The van der Waals surface area contributed by atoms with Crippen LogP contribution in [-0.2, 0) is 5.54 Å². The summed E-state index contributed by atoms with van der Waals surface area (Å²) in [5.41, 5.74) is 5.60. The molecule has 5 nitrogen and oxygen atoms in total. The van der Waals surface area contributed by atoms with Gasteiger partial charge in [-0.2, -0.15) is 5.10 Å². The van der Waals surface area contributed by atoms with E-state index in [9.17, 15) is 4.79 Å². The Hall–Kier alpha value is -1.07. The van der Waals surface area contributed by atoms with E-state index in [-0.39, 0.29) is 23.9 Å². The number of hydrogen-bond acceptors (Lipinski definition) is 3. The average Bonchev–Trinajstić information content (AvgIpc) is 2.65. The van der Waals surface area contributed by atoms with E-state index in [0.29, 0.717) is 12.1 Å². The van der Waals surface area contributed by atoms with Crippen LogP contribution in [0.5, 0.6) is 0 Å². The lowest BCUT2D eigenvalue weighted by atomic mass is 10.1. The summed E-state index contributed by atoms with van der Waals surface area (Å²) in [6.45, 7) is 10.3. The number of nitrogens with two attached hydrogens (primary N) is 1. The monoisotopic (exact) mass is 274 g/mol. The van der Waals surface area contributed by atoms with E-state index < -0.39 is 5.54 Å². The number of amides is 1. The van der Waals surface area contributed by atoms with Crippen molar-refractivity contribution in [3.8, 4) is 0 Å². The molecule has 6 heteroatoms. The van der Waals surface area contributed by atoms with Crippen molar-refractivity contribution in [2.45, 2.75) is 45.7 Å². The van der Waals surface area contributed by atoms with Gasteiger partial charge >= 0.3 is 0 Å². The van der Waals surface area contributed by atoms with E-state index in [1.807, 2.05) is 34.6 Å². The zero-order valence-electron chi connectivity index (χ0n) is 11.7. The Morgan fingerprint density at radius 3 is 2.33 bits per heavy atom. The molecule has 0 aliphatic heterocycles. The molecule has 0 unspecified atom stereocenters. The maximum atomic E-state index is 11.9. The Morgan fingerprint density at radius 1 is 1.39 bits per heavy atom. The second-order valence-electron chi connectivity index (χ2n) is 5.89. The standard InChI is InChI=1S/C12H22N4O.ClH/c1-11(2,3)16-7-9(6-14-16)10(17)15-12(4,5)8-13;/h6-7H,8,13H2,1-5H3,(H,15,17);1H. The largest absolute Gasteiger partial charge is 0.346 e. The molecule has 1 rings (SSSR count). The molecule has 1 aromatic heterocycles. The van der Waals surface area contributed by atoms with Crippen molar-refractivity contribution in [3.05, 3.63) is 18.0 Å². The number of nitrogens with zero attached hydrogens (tertiary/aromatic N) is 2. The summed E-state index contributed by atoms with van der Waals surface area (Å²) >= 11 is 0. The van der Waals surface area contributed by atoms with Gasteiger partial charge in [-0.15, -0.1) is 12.4 Å². The number of nitrogens with one attached hydrogen (secondary N) is 1. The van der Waals surface area contributed by atoms with Gasteiger partial charge in [-0.25, -0.2) is 0 Å². The minimum absolute atomic E-state index is 0. The zero-order chi connectivity index (χ0) is 13.3. The van der Waals surface area contributed by atoms with Crippen LogP contribution in [0, 0.1) is 0 Å². The third-order valence-electron chi connectivity index (χ3n) is 2.49. The molecule has 0 atom stereocenters. The second kappa shape index (κ2) is 5.71. The molecule has 3 N–H and O–H groups in total. The lowest BCUT2D eigenvalue weighted by Crippen LogP contribution is -2.48. The van der Waals surface area contributed by atoms with E-state index in [1.165, 1.54) is 0 Å². The minimum Gasteiger partial charge on any atom is -0.346 e. The molecule has 104 valence electrons. The van der Waals surface area contributed by atoms with E-state index >= 15 is 0 Å². The van der Waals surface area contributed by atoms with Gasteiger partial charge in [-0.1, -0.05) is 0 Å². The molecule has 0 spiro atoms. The summed E-state index contributed by atoms with van der Waals surface area (Å²) < 4.78 is 1.78. The summed E-state index contributed by atoms with van der Waals surface area (Å²) in [5, 5.41) is 7.06. The fourth-order valence-electron chi connectivity index (χ4n) is 1.24. The summed E-state index contributed by atoms with van der Waals surface area (Å²) in [5.74, 6) is -0.143. The van der Waals surface area contributed by atoms with Crippen LogP contribution in [0.15, 0.2) is 12.4 Å². The quantitative estimate of drug-likeness (QED) is 0.878. The summed E-state index contributed by atoms with van der Waals surface area (Å²) in [4.78, 5) is 11.9. The number of halogens is 1. The van der Waals surface area contributed by atoms with Gasteiger partial charge in [0.1, 0.15) is 0 Å². The number of aromatic nitrogens is 2. The van der Waals surface area contributed by atoms with Crippen molar-refractivity contribution in [1.29, 1.82) is 0 Å². The lowest BCUT2D eigenvalue weighted by molar-refractivity contribution is 0.0915. The first-order valence-electron chi connectivity index (χ1n) is 5.73. The highest BCUT2D eigenvalue weighted by molar-refractivity contribution is 5.94. The lowest BCUT2D eigenvalue weighted by Gasteiger charge is -2.23. The molecule has 0 saturated carbocycles. The Balaban J connectivity index is 0.00000289. The van der Waals surface area contributed by atoms with Crippen molar-refractivity contribution in [1.82, 2.24) is 15.1 Å². The minimum atomic E-state index is -0.402. The van der Waals surface area contributed by atoms with Crippen LogP contribution >= 0.6 is 12.4 Å². The van der Waals surface area contributed by atoms with Gasteiger partial charge in [0.25, 0.3) is 5.91 Å². The molecule has 0 aliphatic carbocycles. The second-order valence-corrected chi connectivity index (χ2v) is 5.89. The fraction of sp³-hybridized carbons (Fsp3) is 0.667. The average molecular weight is 275 g/mol. The molecule has 1 amide bonds. The number of carbonyl (C=O) groups is 1. The maximum Gasteiger partial charge on any atom is 0.254 e. The Labute approximate surface area is 115 Å². The predicted octanol–water partition coefficient (Wildman–Crippen LogP) is 1.53. The molecule has 0 aliphatic rings. The van der Waals surface area contributed by atoms with Crippen molar-refractivity contribution in [3.63, 3.8) is 0 Å². The summed E-state index contributed by atoms with van der Waals surface area (Å²) in [7, 11) is 0. The SMILES string of the molecule is CC(C)(CN)NC(=O)c1cnn(C(C)(C)C)c1.Cl. The van der Waals surface area contributed by atoms with Gasteiger partial charge in [0.05, 0.1) is 17.3 Å². The van der Waals surface area contributed by atoms with Crippen LogP contribution in [0.1, 0.15) is 45.0 Å². The molecule has 0 bridgehead atoms. The number of carbonyl (C=O) groups excluding carboxylic acids is 1. The molecular weight excluding hydrogens is 252 g/mol. The summed E-state index contributed by atoms with van der Waals surface area (Å²) in [6.07, 6.45) is 3.33. The smallest absolute Gasteiger partial charge is 0.254 e. The van der Waals surface area contributed by atoms with Gasteiger partial charge in [0.2, 0.25) is 0 Å². The number of rotatable bonds is 3. The van der Waals surface area contributed by atoms with Crippen molar-refractivity contribution in [2.75, 3.05) is 6.54 Å². The van der Waals surface area contributed by atoms with Crippen molar-refractivity contribution >= 4 is 18.3 Å². The molecule has 1 aromatic rings. The Bertz CT molecular complexity index is 406. The Morgan fingerprint density at radius 2 is 1.94 bits per heavy atom. The highest BCUT2D eigenvalue weighted by Crippen LogP contribution is 2.13. The van der Waals surface area contributed by atoms with Crippen LogP contribution in [0.2, 0.25) is 0 Å². The van der Waals surface area contributed by atoms with Crippen molar-refractivity contribution < 1.29 is 4.79 Å². The molecule has 0 saturated heterocycles. The van der Waals surface area contributed by atoms with E-state index in [4.69, 9.17) is 5.73 Å².